The molecule has 0 spiro atoms. The van der Waals surface area contributed by atoms with Gasteiger partial charge < -0.3 is 4.42 Å². The minimum atomic E-state index is -0.471. The van der Waals surface area contributed by atoms with Crippen LogP contribution in [0.4, 0.5) is 0 Å². The van der Waals surface area contributed by atoms with Crippen molar-refractivity contribution in [2.75, 3.05) is 0 Å². The van der Waals surface area contributed by atoms with Gasteiger partial charge in [-0.25, -0.2) is 0 Å². The maximum atomic E-state index is 11.0. The van der Waals surface area contributed by atoms with E-state index >= 15 is 0 Å². The average molecular weight is 193 g/mol. The molecule has 72 valence electrons. The molecule has 5 nitrogen and oxygen atoms in total. The summed E-state index contributed by atoms with van der Waals surface area (Å²) in [6.45, 7) is 0.0617. The Hall–Kier alpha value is -1.88. The summed E-state index contributed by atoms with van der Waals surface area (Å²) >= 11 is 0. The maximum Gasteiger partial charge on any atom is 0.277 e. The number of furan rings is 1. The Morgan fingerprint density at radius 2 is 2.00 bits per heavy atom. The molecule has 0 aliphatic carbocycles. The SMILES string of the molecule is O=C1C=CC(=O)N1OCc1ccco1. The standard InChI is InChI=1S/C9H7NO4/c11-8-3-4-9(12)10(8)14-6-7-2-1-5-13-7/h1-5H,6H2. The Morgan fingerprint density at radius 1 is 1.29 bits per heavy atom. The van der Waals surface area contributed by atoms with Crippen molar-refractivity contribution in [1.82, 2.24) is 5.06 Å². The molecule has 1 aliphatic heterocycles. The van der Waals surface area contributed by atoms with Gasteiger partial charge in [0.2, 0.25) is 0 Å². The zero-order valence-electron chi connectivity index (χ0n) is 7.17. The van der Waals surface area contributed by atoms with E-state index in [0.29, 0.717) is 10.8 Å². The summed E-state index contributed by atoms with van der Waals surface area (Å²) in [5.41, 5.74) is 0. The minimum Gasteiger partial charge on any atom is -0.467 e. The first-order chi connectivity index (χ1) is 6.77. The summed E-state index contributed by atoms with van der Waals surface area (Å²) in [7, 11) is 0. The van der Waals surface area contributed by atoms with Gasteiger partial charge in [0.1, 0.15) is 12.4 Å². The number of hydrogen-bond donors (Lipinski definition) is 0. The summed E-state index contributed by atoms with van der Waals surface area (Å²) in [4.78, 5) is 27.0. The number of rotatable bonds is 3. The molecule has 5 heteroatoms. The smallest absolute Gasteiger partial charge is 0.277 e. The molecule has 2 rings (SSSR count). The van der Waals surface area contributed by atoms with Gasteiger partial charge in [-0.05, 0) is 12.1 Å². The van der Waals surface area contributed by atoms with Crippen LogP contribution in [0.1, 0.15) is 5.76 Å². The Kier molecular flexibility index (Phi) is 2.16. The van der Waals surface area contributed by atoms with Gasteiger partial charge in [-0.3, -0.25) is 14.4 Å². The van der Waals surface area contributed by atoms with Gasteiger partial charge in [-0.2, -0.15) is 0 Å². The fraction of sp³-hybridized carbons (Fsp3) is 0.111. The largest absolute Gasteiger partial charge is 0.467 e. The molecular weight excluding hydrogens is 186 g/mol. The summed E-state index contributed by atoms with van der Waals surface area (Å²) in [5.74, 6) is -0.388. The second kappa shape index (κ2) is 3.47. The first-order valence-corrected chi connectivity index (χ1v) is 3.99. The summed E-state index contributed by atoms with van der Waals surface area (Å²) < 4.78 is 4.97. The molecule has 1 aliphatic rings. The topological polar surface area (TPSA) is 59.8 Å². The molecule has 0 bridgehead atoms. The fourth-order valence-electron chi connectivity index (χ4n) is 1.04. The lowest BCUT2D eigenvalue weighted by Crippen LogP contribution is -2.29. The number of imide groups is 1. The number of nitrogens with zero attached hydrogens (tertiary/aromatic N) is 1. The Morgan fingerprint density at radius 3 is 2.57 bits per heavy atom. The molecule has 1 aromatic heterocycles. The molecule has 0 atom stereocenters. The molecule has 0 N–H and O–H groups in total. The maximum absolute atomic E-state index is 11.0. The third-order valence-corrected chi connectivity index (χ3v) is 1.68. The highest BCUT2D eigenvalue weighted by atomic mass is 16.7. The van der Waals surface area contributed by atoms with Crippen LogP contribution in [0.15, 0.2) is 35.0 Å². The highest BCUT2D eigenvalue weighted by molar-refractivity contribution is 6.11. The van der Waals surface area contributed by atoms with Crippen molar-refractivity contribution in [3.63, 3.8) is 0 Å². The lowest BCUT2D eigenvalue weighted by Gasteiger charge is -2.11. The van der Waals surface area contributed by atoms with Crippen LogP contribution in [0, 0.1) is 0 Å². The van der Waals surface area contributed by atoms with E-state index in [2.05, 4.69) is 0 Å². The molecular formula is C9H7NO4. The van der Waals surface area contributed by atoms with Crippen LogP contribution in [0.3, 0.4) is 0 Å². The lowest BCUT2D eigenvalue weighted by atomic mass is 10.5. The molecule has 0 radical (unpaired) electrons. The number of amides is 2. The van der Waals surface area contributed by atoms with Crippen molar-refractivity contribution in [1.29, 1.82) is 0 Å². The third-order valence-electron chi connectivity index (χ3n) is 1.68. The van der Waals surface area contributed by atoms with E-state index < -0.39 is 11.8 Å². The van der Waals surface area contributed by atoms with Crippen molar-refractivity contribution < 1.29 is 18.8 Å². The van der Waals surface area contributed by atoms with E-state index in [0.717, 1.165) is 12.2 Å². The monoisotopic (exact) mass is 193 g/mol. The second-order valence-corrected chi connectivity index (χ2v) is 2.66. The number of hydrogen-bond acceptors (Lipinski definition) is 4. The van der Waals surface area contributed by atoms with Crippen LogP contribution in [0.5, 0.6) is 0 Å². The Balaban J connectivity index is 1.93. The van der Waals surface area contributed by atoms with Crippen LogP contribution < -0.4 is 0 Å². The van der Waals surface area contributed by atoms with E-state index in [-0.39, 0.29) is 6.61 Å². The van der Waals surface area contributed by atoms with Crippen molar-refractivity contribution in [2.24, 2.45) is 0 Å². The Bertz CT molecular complexity index is 362. The predicted octanol–water partition coefficient (Wildman–Crippen LogP) is 0.636. The minimum absolute atomic E-state index is 0.0617. The molecule has 0 unspecified atom stereocenters. The first-order valence-electron chi connectivity index (χ1n) is 3.99. The van der Waals surface area contributed by atoms with Gasteiger partial charge in [0.05, 0.1) is 6.26 Å². The highest BCUT2D eigenvalue weighted by Gasteiger charge is 2.24. The van der Waals surface area contributed by atoms with Crippen molar-refractivity contribution in [3.05, 3.63) is 36.3 Å². The highest BCUT2D eigenvalue weighted by Crippen LogP contribution is 2.08. The molecule has 2 heterocycles. The zero-order chi connectivity index (χ0) is 9.97. The predicted molar refractivity (Wildman–Crippen MR) is 44.5 cm³/mol. The van der Waals surface area contributed by atoms with Gasteiger partial charge in [0.15, 0.2) is 0 Å². The van der Waals surface area contributed by atoms with E-state index in [1.807, 2.05) is 0 Å². The van der Waals surface area contributed by atoms with E-state index in [9.17, 15) is 9.59 Å². The van der Waals surface area contributed by atoms with Gasteiger partial charge in [-0.15, -0.1) is 5.06 Å². The molecule has 0 fully saturated rings. The molecule has 0 aromatic carbocycles. The molecule has 0 saturated carbocycles. The van der Waals surface area contributed by atoms with Crippen molar-refractivity contribution >= 4 is 11.8 Å². The van der Waals surface area contributed by atoms with Crippen molar-refractivity contribution in [3.8, 4) is 0 Å². The van der Waals surface area contributed by atoms with Gasteiger partial charge >= 0.3 is 0 Å². The third kappa shape index (κ3) is 1.57. The molecule has 2 amide bonds. The van der Waals surface area contributed by atoms with E-state index in [1.54, 1.807) is 12.1 Å². The lowest BCUT2D eigenvalue weighted by molar-refractivity contribution is -0.190. The van der Waals surface area contributed by atoms with Crippen LogP contribution in [-0.2, 0) is 21.0 Å². The first kappa shape index (κ1) is 8.71. The summed E-state index contributed by atoms with van der Waals surface area (Å²) in [6.07, 6.45) is 3.81. The van der Waals surface area contributed by atoms with Gasteiger partial charge in [0, 0.05) is 12.2 Å². The van der Waals surface area contributed by atoms with Gasteiger partial charge in [-0.1, -0.05) is 0 Å². The number of hydroxylamine groups is 2. The Labute approximate surface area is 79.5 Å². The summed E-state index contributed by atoms with van der Waals surface area (Å²) in [5, 5.41) is 0.697. The number of carbonyl (C=O) groups excluding carboxylic acids is 2. The molecule has 14 heavy (non-hydrogen) atoms. The molecule has 0 saturated heterocycles. The van der Waals surface area contributed by atoms with E-state index in [1.165, 1.54) is 6.26 Å². The van der Waals surface area contributed by atoms with Crippen LogP contribution in [-0.4, -0.2) is 16.9 Å². The van der Waals surface area contributed by atoms with Crippen molar-refractivity contribution in [2.45, 2.75) is 6.61 Å². The average Bonchev–Trinajstić information content (AvgIpc) is 2.76. The summed E-state index contributed by atoms with van der Waals surface area (Å²) in [6, 6.07) is 3.39. The van der Waals surface area contributed by atoms with Gasteiger partial charge in [0.25, 0.3) is 11.8 Å². The number of carbonyl (C=O) groups is 2. The fourth-order valence-corrected chi connectivity index (χ4v) is 1.04. The quantitative estimate of drug-likeness (QED) is 0.661. The van der Waals surface area contributed by atoms with E-state index in [4.69, 9.17) is 9.25 Å². The van der Waals surface area contributed by atoms with Crippen LogP contribution in [0.25, 0.3) is 0 Å². The molecule has 1 aromatic rings. The zero-order valence-corrected chi connectivity index (χ0v) is 7.17. The van der Waals surface area contributed by atoms with Crippen LogP contribution >= 0.6 is 0 Å². The second-order valence-electron chi connectivity index (χ2n) is 2.66. The normalized spacial score (nSPS) is 15.6. The van der Waals surface area contributed by atoms with Crippen LogP contribution in [0.2, 0.25) is 0 Å².